The van der Waals surface area contributed by atoms with Gasteiger partial charge in [0.05, 0.1) is 12.8 Å². The summed E-state index contributed by atoms with van der Waals surface area (Å²) in [6.45, 7) is 14.9. The maximum atomic E-state index is 10.0. The summed E-state index contributed by atoms with van der Waals surface area (Å²) in [6, 6.07) is 0. The molecule has 2 unspecified atom stereocenters. The minimum atomic E-state index is -0.398. The highest BCUT2D eigenvalue weighted by molar-refractivity contribution is 5.92. The fourth-order valence-electron chi connectivity index (χ4n) is 4.01. The van der Waals surface area contributed by atoms with E-state index in [1.54, 1.807) is 0 Å². The van der Waals surface area contributed by atoms with E-state index in [-0.39, 0.29) is 12.8 Å². The maximum absolute atomic E-state index is 10.0. The number of hydrogen-bond donors (Lipinski definition) is 0. The Bertz CT molecular complexity index is 395. The Labute approximate surface area is 142 Å². The first-order chi connectivity index (χ1) is 10.6. The number of carbonyl (C=O) groups excluding carboxylic acids is 2. The van der Waals surface area contributed by atoms with Crippen LogP contribution in [0.4, 0.5) is 0 Å². The number of esters is 2. The van der Waals surface area contributed by atoms with Crippen molar-refractivity contribution in [3.63, 3.8) is 0 Å². The van der Waals surface area contributed by atoms with Gasteiger partial charge >= 0.3 is 11.9 Å². The van der Waals surface area contributed by atoms with E-state index >= 15 is 0 Å². The molecule has 2 rings (SSSR count). The SMILES string of the molecule is CCCC1CCCCC(C)C(C)(C)C1(C)C.O=C1CCC(=O)O1. The van der Waals surface area contributed by atoms with Gasteiger partial charge < -0.3 is 4.74 Å². The molecule has 0 aromatic carbocycles. The summed E-state index contributed by atoms with van der Waals surface area (Å²) in [5.74, 6) is 0.993. The molecule has 0 aromatic heterocycles. The summed E-state index contributed by atoms with van der Waals surface area (Å²) in [5.41, 5.74) is 0.968. The molecule has 3 heteroatoms. The van der Waals surface area contributed by atoms with Crippen molar-refractivity contribution in [3.05, 3.63) is 0 Å². The van der Waals surface area contributed by atoms with E-state index in [4.69, 9.17) is 0 Å². The largest absolute Gasteiger partial charge is 0.393 e. The van der Waals surface area contributed by atoms with Crippen LogP contribution in [0.1, 0.15) is 92.9 Å². The van der Waals surface area contributed by atoms with Gasteiger partial charge in [-0.3, -0.25) is 9.59 Å². The lowest BCUT2D eigenvalue weighted by molar-refractivity contribution is -0.151. The quantitative estimate of drug-likeness (QED) is 0.496. The van der Waals surface area contributed by atoms with E-state index in [2.05, 4.69) is 46.3 Å². The van der Waals surface area contributed by atoms with Crippen LogP contribution in [0.5, 0.6) is 0 Å². The fourth-order valence-corrected chi connectivity index (χ4v) is 4.01. The predicted molar refractivity (Wildman–Crippen MR) is 93.9 cm³/mol. The molecule has 2 atom stereocenters. The minimum absolute atomic E-state index is 0.263. The van der Waals surface area contributed by atoms with Crippen LogP contribution in [-0.4, -0.2) is 11.9 Å². The second-order valence-electron chi connectivity index (χ2n) is 8.46. The number of ether oxygens (including phenoxy) is 1. The Morgan fingerprint density at radius 3 is 1.91 bits per heavy atom. The molecular formula is C20H36O3. The average Bonchev–Trinajstić information content (AvgIpc) is 2.84. The molecule has 0 bridgehead atoms. The Kier molecular flexibility index (Phi) is 7.29. The molecule has 134 valence electrons. The van der Waals surface area contributed by atoms with Crippen LogP contribution in [0, 0.1) is 22.7 Å². The number of hydrogen-bond acceptors (Lipinski definition) is 3. The summed E-state index contributed by atoms with van der Waals surface area (Å²) >= 11 is 0. The van der Waals surface area contributed by atoms with Gasteiger partial charge in [-0.1, -0.05) is 73.6 Å². The van der Waals surface area contributed by atoms with E-state index in [1.807, 2.05) is 0 Å². The van der Waals surface area contributed by atoms with E-state index in [1.165, 1.54) is 38.5 Å². The van der Waals surface area contributed by atoms with Crippen molar-refractivity contribution in [2.24, 2.45) is 22.7 Å². The lowest BCUT2D eigenvalue weighted by Gasteiger charge is -2.52. The van der Waals surface area contributed by atoms with Crippen LogP contribution >= 0.6 is 0 Å². The smallest absolute Gasteiger partial charge is 0.314 e. The molecule has 2 fully saturated rings. The molecule has 1 saturated carbocycles. The van der Waals surface area contributed by atoms with Crippen molar-refractivity contribution >= 4 is 11.9 Å². The third kappa shape index (κ3) is 5.06. The molecule has 0 amide bonds. The van der Waals surface area contributed by atoms with E-state index < -0.39 is 11.9 Å². The highest BCUT2D eigenvalue weighted by Crippen LogP contribution is 2.54. The van der Waals surface area contributed by atoms with Gasteiger partial charge in [0.1, 0.15) is 0 Å². The third-order valence-electron chi connectivity index (χ3n) is 6.75. The highest BCUT2D eigenvalue weighted by atomic mass is 16.6. The van der Waals surface area contributed by atoms with Crippen molar-refractivity contribution in [3.8, 4) is 0 Å². The lowest BCUT2D eigenvalue weighted by Crippen LogP contribution is -2.44. The molecule has 0 N–H and O–H groups in total. The first kappa shape index (κ1) is 20.2. The lowest BCUT2D eigenvalue weighted by atomic mass is 9.53. The van der Waals surface area contributed by atoms with Crippen LogP contribution in [0.2, 0.25) is 0 Å². The molecule has 1 aliphatic heterocycles. The molecule has 0 aromatic rings. The summed E-state index contributed by atoms with van der Waals surface area (Å²) in [4.78, 5) is 20.0. The van der Waals surface area contributed by atoms with Crippen LogP contribution in [-0.2, 0) is 14.3 Å². The number of cyclic esters (lactones) is 2. The van der Waals surface area contributed by atoms with E-state index in [9.17, 15) is 9.59 Å². The summed E-state index contributed by atoms with van der Waals surface area (Å²) in [6.07, 6.45) is 9.07. The van der Waals surface area contributed by atoms with Crippen LogP contribution < -0.4 is 0 Å². The average molecular weight is 325 g/mol. The van der Waals surface area contributed by atoms with Gasteiger partial charge in [0.15, 0.2) is 0 Å². The van der Waals surface area contributed by atoms with Crippen LogP contribution in [0.3, 0.4) is 0 Å². The van der Waals surface area contributed by atoms with Gasteiger partial charge in [0, 0.05) is 0 Å². The predicted octanol–water partition coefficient (Wildman–Crippen LogP) is 5.52. The molecule has 0 radical (unpaired) electrons. The Morgan fingerprint density at radius 1 is 0.957 bits per heavy atom. The molecule has 1 heterocycles. The number of carbonyl (C=O) groups is 2. The number of rotatable bonds is 2. The van der Waals surface area contributed by atoms with Gasteiger partial charge in [0.25, 0.3) is 0 Å². The Morgan fingerprint density at radius 2 is 1.48 bits per heavy atom. The van der Waals surface area contributed by atoms with Gasteiger partial charge in [-0.05, 0) is 29.1 Å². The molecule has 1 aliphatic carbocycles. The van der Waals surface area contributed by atoms with Crippen LogP contribution in [0.25, 0.3) is 0 Å². The van der Waals surface area contributed by atoms with Crippen molar-refractivity contribution in [1.29, 1.82) is 0 Å². The second kappa shape index (κ2) is 8.30. The van der Waals surface area contributed by atoms with Crippen molar-refractivity contribution in [2.75, 3.05) is 0 Å². The zero-order valence-electron chi connectivity index (χ0n) is 16.0. The highest BCUT2D eigenvalue weighted by Gasteiger charge is 2.45. The molecule has 23 heavy (non-hydrogen) atoms. The second-order valence-corrected chi connectivity index (χ2v) is 8.46. The molecule has 2 aliphatic rings. The van der Waals surface area contributed by atoms with Crippen molar-refractivity contribution in [2.45, 2.75) is 92.9 Å². The van der Waals surface area contributed by atoms with Gasteiger partial charge in [0.2, 0.25) is 0 Å². The molecular weight excluding hydrogens is 288 g/mol. The van der Waals surface area contributed by atoms with Crippen LogP contribution in [0.15, 0.2) is 0 Å². The van der Waals surface area contributed by atoms with Gasteiger partial charge in [-0.25, -0.2) is 0 Å². The summed E-state index contributed by atoms with van der Waals surface area (Å²) < 4.78 is 4.08. The molecule has 0 spiro atoms. The zero-order valence-corrected chi connectivity index (χ0v) is 16.0. The Hall–Kier alpha value is -0.860. The summed E-state index contributed by atoms with van der Waals surface area (Å²) in [5, 5.41) is 0. The minimum Gasteiger partial charge on any atom is -0.393 e. The first-order valence-electron chi connectivity index (χ1n) is 9.36. The monoisotopic (exact) mass is 324 g/mol. The molecule has 3 nitrogen and oxygen atoms in total. The van der Waals surface area contributed by atoms with E-state index in [0.29, 0.717) is 10.8 Å². The first-order valence-corrected chi connectivity index (χ1v) is 9.36. The summed E-state index contributed by atoms with van der Waals surface area (Å²) in [7, 11) is 0. The van der Waals surface area contributed by atoms with Gasteiger partial charge in [-0.2, -0.15) is 0 Å². The fraction of sp³-hybridized carbons (Fsp3) is 0.900. The zero-order chi connectivity index (χ0) is 17.7. The standard InChI is InChI=1S/C16H32.C4H4O3/c1-7-10-14-12-9-8-11-13(2)15(3,4)16(14,5)6;5-3-1-2-4(6)7-3/h13-14H,7-12H2,1-6H3;1-2H2. The van der Waals surface area contributed by atoms with Crippen molar-refractivity contribution in [1.82, 2.24) is 0 Å². The third-order valence-corrected chi connectivity index (χ3v) is 6.75. The van der Waals surface area contributed by atoms with Gasteiger partial charge in [-0.15, -0.1) is 0 Å². The van der Waals surface area contributed by atoms with Crippen molar-refractivity contribution < 1.29 is 14.3 Å². The normalized spacial score (nSPS) is 29.8. The Balaban J connectivity index is 0.000000313. The molecule has 1 saturated heterocycles. The topological polar surface area (TPSA) is 43.4 Å². The van der Waals surface area contributed by atoms with E-state index in [0.717, 1.165) is 11.8 Å². The maximum Gasteiger partial charge on any atom is 0.314 e.